The van der Waals surface area contributed by atoms with Crippen LogP contribution in [0.4, 0.5) is 0 Å². The van der Waals surface area contributed by atoms with Crippen molar-refractivity contribution in [2.75, 3.05) is 26.2 Å². The summed E-state index contributed by atoms with van der Waals surface area (Å²) in [5.74, 6) is 0. The smallest absolute Gasteiger partial charge is 0.0940 e. The normalized spacial score (nSPS) is 29.4. The van der Waals surface area contributed by atoms with E-state index in [4.69, 9.17) is 0 Å². The molecule has 1 aromatic heterocycles. The molecule has 0 radical (unpaired) electrons. The Bertz CT molecular complexity index is 417. The van der Waals surface area contributed by atoms with Gasteiger partial charge in [-0.15, -0.1) is 11.3 Å². The van der Waals surface area contributed by atoms with Crippen molar-refractivity contribution in [3.05, 3.63) is 16.1 Å². The van der Waals surface area contributed by atoms with Gasteiger partial charge in [-0.05, 0) is 33.2 Å². The number of hydrogen-bond acceptors (Lipinski definition) is 4. The number of piperidine rings is 1. The minimum absolute atomic E-state index is 0.704. The second kappa shape index (κ2) is 5.90. The first-order chi connectivity index (χ1) is 9.22. The van der Waals surface area contributed by atoms with Crippen molar-refractivity contribution in [3.63, 3.8) is 0 Å². The van der Waals surface area contributed by atoms with E-state index in [2.05, 4.69) is 34.0 Å². The summed E-state index contributed by atoms with van der Waals surface area (Å²) >= 11 is 1.81. The van der Waals surface area contributed by atoms with Gasteiger partial charge >= 0.3 is 0 Å². The van der Waals surface area contributed by atoms with E-state index < -0.39 is 0 Å². The van der Waals surface area contributed by atoms with Gasteiger partial charge in [0.15, 0.2) is 0 Å². The number of aryl methyl sites for hydroxylation is 1. The van der Waals surface area contributed by atoms with Crippen molar-refractivity contribution in [1.29, 1.82) is 0 Å². The van der Waals surface area contributed by atoms with E-state index in [0.717, 1.165) is 12.5 Å². The summed E-state index contributed by atoms with van der Waals surface area (Å²) in [7, 11) is 0. The quantitative estimate of drug-likeness (QED) is 0.847. The molecule has 3 nitrogen and oxygen atoms in total. The van der Waals surface area contributed by atoms with Crippen LogP contribution in [0.5, 0.6) is 0 Å². The van der Waals surface area contributed by atoms with Gasteiger partial charge in [-0.3, -0.25) is 9.80 Å². The van der Waals surface area contributed by atoms with Crippen molar-refractivity contribution in [2.45, 2.75) is 51.6 Å². The number of rotatable bonds is 3. The molecule has 0 aromatic carbocycles. The Morgan fingerprint density at radius 1 is 1.37 bits per heavy atom. The molecule has 3 rings (SSSR count). The number of thiazole rings is 1. The first-order valence-electron chi connectivity index (χ1n) is 7.61. The van der Waals surface area contributed by atoms with Crippen molar-refractivity contribution in [2.24, 2.45) is 0 Å². The van der Waals surface area contributed by atoms with Crippen LogP contribution in [0.1, 0.15) is 36.9 Å². The highest BCUT2D eigenvalue weighted by molar-refractivity contribution is 7.09. The van der Waals surface area contributed by atoms with Crippen LogP contribution in [0.3, 0.4) is 0 Å². The highest BCUT2D eigenvalue weighted by Crippen LogP contribution is 2.24. The minimum Gasteiger partial charge on any atom is -0.298 e. The van der Waals surface area contributed by atoms with Gasteiger partial charge in [0.2, 0.25) is 0 Å². The van der Waals surface area contributed by atoms with Gasteiger partial charge in [-0.2, -0.15) is 0 Å². The molecule has 0 bridgehead atoms. The van der Waals surface area contributed by atoms with E-state index in [9.17, 15) is 0 Å². The lowest BCUT2D eigenvalue weighted by molar-refractivity contribution is 0.0160. The lowest BCUT2D eigenvalue weighted by Gasteiger charge is -2.47. The van der Waals surface area contributed by atoms with Crippen LogP contribution in [-0.4, -0.2) is 53.0 Å². The molecule has 106 valence electrons. The third kappa shape index (κ3) is 3.18. The van der Waals surface area contributed by atoms with Crippen LogP contribution in [0, 0.1) is 6.92 Å². The lowest BCUT2D eigenvalue weighted by Crippen LogP contribution is -2.58. The van der Waals surface area contributed by atoms with Crippen LogP contribution in [0.15, 0.2) is 5.38 Å². The molecule has 0 saturated carbocycles. The Morgan fingerprint density at radius 3 is 3.05 bits per heavy atom. The second-order valence-electron chi connectivity index (χ2n) is 6.12. The molecule has 3 heterocycles. The third-order valence-electron chi connectivity index (χ3n) is 4.60. The summed E-state index contributed by atoms with van der Waals surface area (Å²) in [6, 6.07) is 1.53. The highest BCUT2D eigenvalue weighted by Gasteiger charge is 2.32. The van der Waals surface area contributed by atoms with Gasteiger partial charge in [0.25, 0.3) is 0 Å². The first-order valence-corrected chi connectivity index (χ1v) is 8.49. The van der Waals surface area contributed by atoms with E-state index in [1.54, 1.807) is 0 Å². The molecule has 4 heteroatoms. The number of piperazine rings is 1. The molecule has 19 heavy (non-hydrogen) atoms. The predicted octanol–water partition coefficient (Wildman–Crippen LogP) is 2.55. The van der Waals surface area contributed by atoms with Crippen LogP contribution in [0.2, 0.25) is 0 Å². The number of fused-ring (bicyclic) bond motifs is 1. The predicted molar refractivity (Wildman–Crippen MR) is 80.8 cm³/mol. The summed E-state index contributed by atoms with van der Waals surface area (Å²) in [5, 5.41) is 3.47. The maximum atomic E-state index is 4.58. The molecule has 1 aromatic rings. The molecule has 0 amide bonds. The Kier molecular flexibility index (Phi) is 4.20. The van der Waals surface area contributed by atoms with Gasteiger partial charge in [0, 0.05) is 49.2 Å². The van der Waals surface area contributed by atoms with Gasteiger partial charge < -0.3 is 0 Å². The molecule has 2 saturated heterocycles. The molecule has 0 N–H and O–H groups in total. The summed E-state index contributed by atoms with van der Waals surface area (Å²) in [6.07, 6.45) is 5.35. The lowest BCUT2D eigenvalue weighted by atomic mass is 9.97. The maximum absolute atomic E-state index is 4.58. The zero-order valence-electron chi connectivity index (χ0n) is 12.1. The SMILES string of the molecule is Cc1csc(CCN2CC3CCCCN3CC2C)n1. The largest absolute Gasteiger partial charge is 0.298 e. The number of nitrogens with zero attached hydrogens (tertiary/aromatic N) is 3. The topological polar surface area (TPSA) is 19.4 Å². The molecule has 2 unspecified atom stereocenters. The average molecular weight is 279 g/mol. The van der Waals surface area contributed by atoms with E-state index in [-0.39, 0.29) is 0 Å². The van der Waals surface area contributed by atoms with E-state index in [0.29, 0.717) is 6.04 Å². The molecular formula is C15H25N3S. The standard InChI is InChI=1S/C15H25N3S/c1-12-11-19-15(16-12)6-8-17-10-14-5-3-4-7-18(14)9-13(17)2/h11,13-14H,3-10H2,1-2H3. The fourth-order valence-electron chi connectivity index (χ4n) is 3.48. The second-order valence-corrected chi connectivity index (χ2v) is 7.06. The van der Waals surface area contributed by atoms with Gasteiger partial charge in [-0.25, -0.2) is 4.98 Å². The van der Waals surface area contributed by atoms with Crippen molar-refractivity contribution < 1.29 is 0 Å². The van der Waals surface area contributed by atoms with E-state index in [1.165, 1.54) is 56.1 Å². The Hall–Kier alpha value is -0.450. The summed E-state index contributed by atoms with van der Waals surface area (Å²) in [4.78, 5) is 9.99. The zero-order chi connectivity index (χ0) is 13.2. The van der Waals surface area contributed by atoms with Crippen molar-refractivity contribution in [1.82, 2.24) is 14.8 Å². The van der Waals surface area contributed by atoms with Crippen LogP contribution in [-0.2, 0) is 6.42 Å². The van der Waals surface area contributed by atoms with Crippen molar-refractivity contribution >= 4 is 11.3 Å². The molecule has 0 aliphatic carbocycles. The number of hydrogen-bond donors (Lipinski definition) is 0. The fourth-order valence-corrected chi connectivity index (χ4v) is 4.25. The number of aromatic nitrogens is 1. The molecule has 2 aliphatic heterocycles. The molecule has 2 fully saturated rings. The van der Waals surface area contributed by atoms with Gasteiger partial charge in [0.1, 0.15) is 0 Å². The average Bonchev–Trinajstić information content (AvgIpc) is 2.82. The Balaban J connectivity index is 1.55. The third-order valence-corrected chi connectivity index (χ3v) is 5.62. The molecule has 2 aliphatic rings. The highest BCUT2D eigenvalue weighted by atomic mass is 32.1. The van der Waals surface area contributed by atoms with Gasteiger partial charge in [-0.1, -0.05) is 6.42 Å². The summed E-state index contributed by atoms with van der Waals surface area (Å²) < 4.78 is 0. The van der Waals surface area contributed by atoms with Gasteiger partial charge in [0.05, 0.1) is 5.01 Å². The maximum Gasteiger partial charge on any atom is 0.0940 e. The van der Waals surface area contributed by atoms with E-state index >= 15 is 0 Å². The Morgan fingerprint density at radius 2 is 2.26 bits per heavy atom. The molecule has 0 spiro atoms. The van der Waals surface area contributed by atoms with E-state index in [1.807, 2.05) is 11.3 Å². The zero-order valence-corrected chi connectivity index (χ0v) is 13.0. The Labute approximate surface area is 120 Å². The summed E-state index contributed by atoms with van der Waals surface area (Å²) in [6.45, 7) is 9.52. The van der Waals surface area contributed by atoms with Crippen LogP contribution in [0.25, 0.3) is 0 Å². The van der Waals surface area contributed by atoms with Crippen LogP contribution >= 0.6 is 11.3 Å². The fraction of sp³-hybridized carbons (Fsp3) is 0.800. The minimum atomic E-state index is 0.704. The monoisotopic (exact) mass is 279 g/mol. The van der Waals surface area contributed by atoms with Crippen LogP contribution < -0.4 is 0 Å². The molecule has 2 atom stereocenters. The summed E-state index contributed by atoms with van der Waals surface area (Å²) in [5.41, 5.74) is 1.17. The molecular weight excluding hydrogens is 254 g/mol. The van der Waals surface area contributed by atoms with Crippen molar-refractivity contribution in [3.8, 4) is 0 Å². The first kappa shape index (κ1) is 13.5.